The highest BCUT2D eigenvalue weighted by Gasteiger charge is 2.15. The van der Waals surface area contributed by atoms with Gasteiger partial charge in [-0.1, -0.05) is 18.2 Å². The summed E-state index contributed by atoms with van der Waals surface area (Å²) in [6.07, 6.45) is 2.09. The fraction of sp³-hybridized carbons (Fsp3) is 0.400. The molecule has 0 spiro atoms. The molecule has 2 rings (SSSR count). The van der Waals surface area contributed by atoms with Crippen LogP contribution in [0, 0.1) is 0 Å². The van der Waals surface area contributed by atoms with E-state index in [2.05, 4.69) is 0 Å². The second-order valence-corrected chi connectivity index (χ2v) is 5.16. The summed E-state index contributed by atoms with van der Waals surface area (Å²) in [5.74, 6) is 0. The van der Waals surface area contributed by atoms with Crippen molar-refractivity contribution in [2.45, 2.75) is 39.3 Å². The highest BCUT2D eigenvalue weighted by atomic mass is 16.6. The van der Waals surface area contributed by atoms with Gasteiger partial charge in [-0.3, -0.25) is 4.57 Å². The van der Waals surface area contributed by atoms with E-state index in [1.54, 1.807) is 4.57 Å². The number of carbonyl (C=O) groups is 1. The molecule has 1 aromatic carbocycles. The predicted octanol–water partition coefficient (Wildman–Crippen LogP) is 2.92. The third-order valence-corrected chi connectivity index (χ3v) is 2.87. The van der Waals surface area contributed by atoms with Crippen molar-refractivity contribution < 1.29 is 9.53 Å². The van der Waals surface area contributed by atoms with Gasteiger partial charge in [0.05, 0.1) is 11.6 Å². The molecule has 0 amide bonds. The van der Waals surface area contributed by atoms with Crippen LogP contribution >= 0.6 is 0 Å². The molecular formula is C15H20N2O2. The smallest absolute Gasteiger partial charge is 0.418 e. The number of aromatic nitrogens is 1. The van der Waals surface area contributed by atoms with E-state index in [-0.39, 0.29) is 18.2 Å². The maximum atomic E-state index is 12.1. The minimum Gasteiger partial charge on any atom is -0.446 e. The summed E-state index contributed by atoms with van der Waals surface area (Å²) in [6.45, 7) is 5.64. The lowest BCUT2D eigenvalue weighted by Crippen LogP contribution is -2.18. The van der Waals surface area contributed by atoms with Crippen molar-refractivity contribution in [3.8, 4) is 0 Å². The van der Waals surface area contributed by atoms with Crippen LogP contribution in [0.1, 0.15) is 26.3 Å². The van der Waals surface area contributed by atoms with Crippen LogP contribution in [0.5, 0.6) is 0 Å². The first-order valence-corrected chi connectivity index (χ1v) is 6.54. The number of rotatable bonds is 3. The van der Waals surface area contributed by atoms with Gasteiger partial charge < -0.3 is 10.5 Å². The van der Waals surface area contributed by atoms with Crippen LogP contribution in [0.2, 0.25) is 0 Å². The molecule has 0 aliphatic heterocycles. The molecule has 1 aromatic heterocycles. The zero-order valence-corrected chi connectivity index (χ0v) is 11.6. The second kappa shape index (κ2) is 5.45. The maximum absolute atomic E-state index is 12.1. The quantitative estimate of drug-likeness (QED) is 0.923. The minimum atomic E-state index is -0.345. The van der Waals surface area contributed by atoms with Gasteiger partial charge in [0.15, 0.2) is 0 Å². The van der Waals surface area contributed by atoms with Gasteiger partial charge in [-0.2, -0.15) is 0 Å². The van der Waals surface area contributed by atoms with Gasteiger partial charge >= 0.3 is 6.09 Å². The van der Waals surface area contributed by atoms with Crippen LogP contribution < -0.4 is 5.73 Å². The van der Waals surface area contributed by atoms with Crippen molar-refractivity contribution in [3.63, 3.8) is 0 Å². The minimum absolute atomic E-state index is 0.0559. The molecule has 19 heavy (non-hydrogen) atoms. The number of hydrogen-bond acceptors (Lipinski definition) is 3. The summed E-state index contributed by atoms with van der Waals surface area (Å²) in [6, 6.07) is 7.86. The van der Waals surface area contributed by atoms with Gasteiger partial charge in [0.2, 0.25) is 0 Å². The van der Waals surface area contributed by atoms with Crippen LogP contribution in [-0.4, -0.2) is 22.8 Å². The van der Waals surface area contributed by atoms with Gasteiger partial charge in [0.25, 0.3) is 0 Å². The first-order valence-electron chi connectivity index (χ1n) is 6.54. The molecule has 1 heterocycles. The fourth-order valence-corrected chi connectivity index (χ4v) is 2.17. The van der Waals surface area contributed by atoms with Crippen molar-refractivity contribution in [1.29, 1.82) is 0 Å². The van der Waals surface area contributed by atoms with Crippen molar-refractivity contribution in [2.24, 2.45) is 5.73 Å². The van der Waals surface area contributed by atoms with E-state index in [0.29, 0.717) is 0 Å². The number of para-hydroxylation sites is 1. The zero-order valence-electron chi connectivity index (χ0n) is 11.6. The monoisotopic (exact) mass is 260 g/mol. The van der Waals surface area contributed by atoms with E-state index in [4.69, 9.17) is 10.5 Å². The largest absolute Gasteiger partial charge is 0.446 e. The number of ether oxygens (including phenoxy) is 1. The molecule has 0 radical (unpaired) electrons. The number of benzene rings is 1. The van der Waals surface area contributed by atoms with Crippen molar-refractivity contribution in [2.75, 3.05) is 0 Å². The van der Waals surface area contributed by atoms with Crippen LogP contribution in [0.3, 0.4) is 0 Å². The number of fused-ring (bicyclic) bond motifs is 1. The highest BCUT2D eigenvalue weighted by molar-refractivity contribution is 5.92. The first-order chi connectivity index (χ1) is 8.99. The summed E-state index contributed by atoms with van der Waals surface area (Å²) >= 11 is 0. The SMILES string of the molecule is CC(C)OC(=O)n1cc(C[C@@H](C)N)c2ccccc21. The first kappa shape index (κ1) is 13.6. The van der Waals surface area contributed by atoms with E-state index in [9.17, 15) is 4.79 Å². The number of hydrogen-bond donors (Lipinski definition) is 1. The Bertz CT molecular complexity index is 585. The van der Waals surface area contributed by atoms with E-state index < -0.39 is 0 Å². The normalized spacial score (nSPS) is 12.9. The second-order valence-electron chi connectivity index (χ2n) is 5.16. The Kier molecular flexibility index (Phi) is 3.90. The van der Waals surface area contributed by atoms with Crippen LogP contribution in [0.15, 0.2) is 30.5 Å². The lowest BCUT2D eigenvalue weighted by atomic mass is 10.1. The number of nitrogens with two attached hydrogens (primary N) is 1. The number of carbonyl (C=O) groups excluding carboxylic acids is 1. The van der Waals surface area contributed by atoms with Crippen LogP contribution in [0.4, 0.5) is 4.79 Å². The molecule has 0 saturated heterocycles. The average Bonchev–Trinajstić information content (AvgIpc) is 2.67. The Hall–Kier alpha value is -1.81. The van der Waals surface area contributed by atoms with Crippen molar-refractivity contribution in [1.82, 2.24) is 4.57 Å². The molecule has 0 unspecified atom stereocenters. The fourth-order valence-electron chi connectivity index (χ4n) is 2.17. The van der Waals surface area contributed by atoms with Gasteiger partial charge in [0, 0.05) is 17.6 Å². The van der Waals surface area contributed by atoms with E-state index >= 15 is 0 Å². The van der Waals surface area contributed by atoms with E-state index in [1.165, 1.54) is 0 Å². The zero-order chi connectivity index (χ0) is 14.0. The lowest BCUT2D eigenvalue weighted by Gasteiger charge is -2.08. The molecular weight excluding hydrogens is 240 g/mol. The Balaban J connectivity index is 2.46. The Morgan fingerprint density at radius 3 is 2.63 bits per heavy atom. The predicted molar refractivity (Wildman–Crippen MR) is 76.3 cm³/mol. The molecule has 2 aromatic rings. The summed E-state index contributed by atoms with van der Waals surface area (Å²) in [7, 11) is 0. The molecule has 2 N–H and O–H groups in total. The van der Waals surface area contributed by atoms with Crippen LogP contribution in [0.25, 0.3) is 10.9 Å². The molecule has 0 fully saturated rings. The molecule has 0 aliphatic carbocycles. The lowest BCUT2D eigenvalue weighted by molar-refractivity contribution is 0.118. The molecule has 0 bridgehead atoms. The highest BCUT2D eigenvalue weighted by Crippen LogP contribution is 2.22. The summed E-state index contributed by atoms with van der Waals surface area (Å²) < 4.78 is 6.82. The third kappa shape index (κ3) is 2.96. The summed E-state index contributed by atoms with van der Waals surface area (Å²) in [5.41, 5.74) is 7.80. The van der Waals surface area contributed by atoms with Gasteiger partial charge in [0.1, 0.15) is 0 Å². The third-order valence-electron chi connectivity index (χ3n) is 2.87. The Morgan fingerprint density at radius 1 is 1.32 bits per heavy atom. The standard InChI is InChI=1S/C15H20N2O2/c1-10(2)19-15(18)17-9-12(8-11(3)16)13-6-4-5-7-14(13)17/h4-7,9-11H,8,16H2,1-3H3/t11-/m1/s1. The maximum Gasteiger partial charge on any atom is 0.418 e. The van der Waals surface area contributed by atoms with Gasteiger partial charge in [-0.05, 0) is 38.8 Å². The van der Waals surface area contributed by atoms with E-state index in [0.717, 1.165) is 22.9 Å². The molecule has 4 heteroatoms. The van der Waals surface area contributed by atoms with Crippen molar-refractivity contribution >= 4 is 17.0 Å². The Labute approximate surface area is 113 Å². The summed E-state index contributed by atoms with van der Waals surface area (Å²) in [4.78, 5) is 12.1. The average molecular weight is 260 g/mol. The van der Waals surface area contributed by atoms with Gasteiger partial charge in [-0.15, -0.1) is 0 Å². The summed E-state index contributed by atoms with van der Waals surface area (Å²) in [5, 5.41) is 1.06. The molecule has 0 saturated carbocycles. The Morgan fingerprint density at radius 2 is 2.00 bits per heavy atom. The topological polar surface area (TPSA) is 57.2 Å². The van der Waals surface area contributed by atoms with Crippen LogP contribution in [-0.2, 0) is 11.2 Å². The molecule has 4 nitrogen and oxygen atoms in total. The molecule has 0 aliphatic rings. The van der Waals surface area contributed by atoms with Gasteiger partial charge in [-0.25, -0.2) is 4.79 Å². The molecule has 102 valence electrons. The molecule has 1 atom stereocenters. The van der Waals surface area contributed by atoms with Crippen molar-refractivity contribution in [3.05, 3.63) is 36.0 Å². The number of nitrogens with zero attached hydrogens (tertiary/aromatic N) is 1. The van der Waals surface area contributed by atoms with E-state index in [1.807, 2.05) is 51.2 Å².